The number of rotatable bonds is 10. The van der Waals surface area contributed by atoms with Gasteiger partial charge in [-0.05, 0) is 24.3 Å². The number of nitrogens with zero attached hydrogens (tertiary/aromatic N) is 1. The Morgan fingerprint density at radius 3 is 1.90 bits per heavy atom. The Morgan fingerprint density at radius 1 is 0.871 bits per heavy atom. The predicted molar refractivity (Wildman–Crippen MR) is 99.4 cm³/mol. The van der Waals surface area contributed by atoms with Gasteiger partial charge in [-0.1, -0.05) is 24.3 Å². The molecule has 11 heteroatoms. The van der Waals surface area contributed by atoms with Crippen molar-refractivity contribution in [1.29, 1.82) is 0 Å². The number of alkyl halides is 3. The van der Waals surface area contributed by atoms with Crippen LogP contribution in [0.4, 0.5) is 22.0 Å². The van der Waals surface area contributed by atoms with Crippen LogP contribution < -0.4 is 14.8 Å². The number of para-hydroxylation sites is 2. The molecule has 0 aromatic heterocycles. The van der Waals surface area contributed by atoms with Gasteiger partial charge < -0.3 is 19.7 Å². The minimum Gasteiger partial charge on any atom is -0.481 e. The molecule has 2 aromatic rings. The van der Waals surface area contributed by atoms with Gasteiger partial charge in [-0.2, -0.15) is 13.2 Å². The third kappa shape index (κ3) is 8.49. The van der Waals surface area contributed by atoms with Gasteiger partial charge in [0.2, 0.25) is 0 Å². The van der Waals surface area contributed by atoms with E-state index in [-0.39, 0.29) is 18.0 Å². The quantitative estimate of drug-likeness (QED) is 0.570. The SMILES string of the molecule is O=C(COc1ccccc1F)NCCN(CC(F)(F)F)C(=O)COc1ccccc1F. The van der Waals surface area contributed by atoms with Crippen LogP contribution in [-0.2, 0) is 9.59 Å². The molecule has 0 saturated heterocycles. The molecule has 168 valence electrons. The van der Waals surface area contributed by atoms with Gasteiger partial charge in [0.1, 0.15) is 6.54 Å². The van der Waals surface area contributed by atoms with Gasteiger partial charge in [-0.3, -0.25) is 9.59 Å². The maximum absolute atomic E-state index is 13.5. The van der Waals surface area contributed by atoms with E-state index in [0.29, 0.717) is 4.90 Å². The minimum absolute atomic E-state index is 0.156. The van der Waals surface area contributed by atoms with Crippen LogP contribution in [0.25, 0.3) is 0 Å². The summed E-state index contributed by atoms with van der Waals surface area (Å²) >= 11 is 0. The van der Waals surface area contributed by atoms with Gasteiger partial charge in [-0.25, -0.2) is 8.78 Å². The van der Waals surface area contributed by atoms with Crippen LogP contribution in [0.15, 0.2) is 48.5 Å². The molecular weight excluding hydrogens is 427 g/mol. The molecule has 31 heavy (non-hydrogen) atoms. The van der Waals surface area contributed by atoms with Crippen LogP contribution in [0.2, 0.25) is 0 Å². The lowest BCUT2D eigenvalue weighted by Crippen LogP contribution is -2.45. The summed E-state index contributed by atoms with van der Waals surface area (Å²) in [6, 6.07) is 10.5. The Kier molecular flexibility index (Phi) is 8.59. The van der Waals surface area contributed by atoms with Gasteiger partial charge in [0.05, 0.1) is 0 Å². The van der Waals surface area contributed by atoms with Gasteiger partial charge in [0.25, 0.3) is 11.8 Å². The van der Waals surface area contributed by atoms with E-state index < -0.39 is 55.9 Å². The number of carbonyl (C=O) groups is 2. The number of carbonyl (C=O) groups excluding carboxylic acids is 2. The summed E-state index contributed by atoms with van der Waals surface area (Å²) in [6.45, 7) is -3.76. The lowest BCUT2D eigenvalue weighted by Gasteiger charge is -2.24. The summed E-state index contributed by atoms with van der Waals surface area (Å²) < 4.78 is 75.2. The van der Waals surface area contributed by atoms with Gasteiger partial charge in [-0.15, -0.1) is 0 Å². The summed E-state index contributed by atoms with van der Waals surface area (Å²) in [4.78, 5) is 24.3. The van der Waals surface area contributed by atoms with Crippen molar-refractivity contribution in [3.05, 3.63) is 60.2 Å². The summed E-state index contributed by atoms with van der Waals surface area (Å²) in [5, 5.41) is 2.28. The molecule has 0 unspecified atom stereocenters. The smallest absolute Gasteiger partial charge is 0.406 e. The second-order valence-corrected chi connectivity index (χ2v) is 6.22. The zero-order valence-corrected chi connectivity index (χ0v) is 16.1. The molecule has 2 amide bonds. The van der Waals surface area contributed by atoms with Crippen LogP contribution in [0.3, 0.4) is 0 Å². The first-order chi connectivity index (χ1) is 14.7. The number of benzene rings is 2. The molecule has 0 aliphatic rings. The molecule has 0 spiro atoms. The molecule has 0 heterocycles. The summed E-state index contributed by atoms with van der Waals surface area (Å²) in [5.74, 6) is -3.63. The van der Waals surface area contributed by atoms with Crippen LogP contribution >= 0.6 is 0 Å². The Bertz CT molecular complexity index is 892. The molecule has 1 N–H and O–H groups in total. The molecule has 2 rings (SSSR count). The standard InChI is InChI=1S/C20H19F5N2O4/c21-14-5-1-3-7-16(14)30-11-18(28)26-9-10-27(13-20(23,24)25)19(29)12-31-17-8-4-2-6-15(17)22/h1-8H,9-13H2,(H,26,28). The molecule has 0 atom stereocenters. The van der Waals surface area contributed by atoms with Gasteiger partial charge in [0.15, 0.2) is 36.3 Å². The number of amides is 2. The molecule has 0 bridgehead atoms. The first-order valence-corrected chi connectivity index (χ1v) is 9.01. The molecule has 6 nitrogen and oxygen atoms in total. The number of nitrogens with one attached hydrogen (secondary N) is 1. The number of ether oxygens (including phenoxy) is 2. The van der Waals surface area contributed by atoms with Gasteiger partial charge in [0, 0.05) is 13.1 Å². The zero-order valence-electron chi connectivity index (χ0n) is 16.1. The second-order valence-electron chi connectivity index (χ2n) is 6.22. The molecule has 0 fully saturated rings. The van der Waals surface area contributed by atoms with E-state index in [0.717, 1.165) is 12.1 Å². The highest BCUT2D eigenvalue weighted by molar-refractivity contribution is 5.79. The van der Waals surface area contributed by atoms with E-state index in [9.17, 15) is 31.5 Å². The van der Waals surface area contributed by atoms with Crippen LogP contribution in [0, 0.1) is 11.6 Å². The highest BCUT2D eigenvalue weighted by Gasteiger charge is 2.33. The third-order valence-corrected chi connectivity index (χ3v) is 3.81. The average Bonchev–Trinajstić information content (AvgIpc) is 2.70. The molecular formula is C20H19F5N2O4. The Hall–Kier alpha value is -3.37. The van der Waals surface area contributed by atoms with E-state index in [1.165, 1.54) is 36.4 Å². The monoisotopic (exact) mass is 446 g/mol. The minimum atomic E-state index is -4.69. The van der Waals surface area contributed by atoms with Crippen molar-refractivity contribution in [3.8, 4) is 11.5 Å². The van der Waals surface area contributed by atoms with Crippen molar-refractivity contribution in [2.24, 2.45) is 0 Å². The Labute approximate surface area is 174 Å². The van der Waals surface area contributed by atoms with Crippen molar-refractivity contribution in [1.82, 2.24) is 10.2 Å². The number of halogens is 5. The lowest BCUT2D eigenvalue weighted by atomic mass is 10.3. The van der Waals surface area contributed by atoms with Crippen molar-refractivity contribution < 1.29 is 41.0 Å². The number of hydrogen-bond acceptors (Lipinski definition) is 4. The fourth-order valence-corrected chi connectivity index (χ4v) is 2.39. The zero-order chi connectivity index (χ0) is 22.9. The fourth-order valence-electron chi connectivity index (χ4n) is 2.39. The third-order valence-electron chi connectivity index (χ3n) is 3.81. The maximum atomic E-state index is 13.5. The maximum Gasteiger partial charge on any atom is 0.406 e. The predicted octanol–water partition coefficient (Wildman–Crippen LogP) is 2.93. The van der Waals surface area contributed by atoms with Crippen molar-refractivity contribution in [3.63, 3.8) is 0 Å². The average molecular weight is 446 g/mol. The fraction of sp³-hybridized carbons (Fsp3) is 0.300. The summed E-state index contributed by atoms with van der Waals surface area (Å²) in [5.41, 5.74) is 0. The van der Waals surface area contributed by atoms with Crippen molar-refractivity contribution in [2.75, 3.05) is 32.8 Å². The molecule has 2 aromatic carbocycles. The Morgan fingerprint density at radius 2 is 1.39 bits per heavy atom. The molecule has 0 aliphatic heterocycles. The molecule has 0 radical (unpaired) electrons. The highest BCUT2D eigenvalue weighted by Crippen LogP contribution is 2.18. The Balaban J connectivity index is 1.84. The van der Waals surface area contributed by atoms with Crippen molar-refractivity contribution in [2.45, 2.75) is 6.18 Å². The summed E-state index contributed by atoms with van der Waals surface area (Å²) in [7, 11) is 0. The van der Waals surface area contributed by atoms with Crippen LogP contribution in [-0.4, -0.2) is 55.7 Å². The van der Waals surface area contributed by atoms with Crippen LogP contribution in [0.5, 0.6) is 11.5 Å². The first-order valence-electron chi connectivity index (χ1n) is 9.01. The van der Waals surface area contributed by atoms with E-state index in [1.807, 2.05) is 0 Å². The van der Waals surface area contributed by atoms with E-state index in [4.69, 9.17) is 9.47 Å². The highest BCUT2D eigenvalue weighted by atomic mass is 19.4. The lowest BCUT2D eigenvalue weighted by molar-refractivity contribution is -0.162. The normalized spacial score (nSPS) is 11.0. The first kappa shape index (κ1) is 23.9. The van der Waals surface area contributed by atoms with E-state index in [1.54, 1.807) is 0 Å². The second kappa shape index (κ2) is 11.1. The molecule has 0 aliphatic carbocycles. The largest absolute Gasteiger partial charge is 0.481 e. The molecule has 0 saturated carbocycles. The van der Waals surface area contributed by atoms with Gasteiger partial charge >= 0.3 is 6.18 Å². The summed E-state index contributed by atoms with van der Waals surface area (Å²) in [6.07, 6.45) is -4.69. The topological polar surface area (TPSA) is 67.9 Å². The van der Waals surface area contributed by atoms with E-state index >= 15 is 0 Å². The van der Waals surface area contributed by atoms with Crippen LogP contribution in [0.1, 0.15) is 0 Å². The van der Waals surface area contributed by atoms with E-state index in [2.05, 4.69) is 5.32 Å². The van der Waals surface area contributed by atoms with Crippen molar-refractivity contribution >= 4 is 11.8 Å². The number of hydrogen-bond donors (Lipinski definition) is 1.